The Hall–Kier alpha value is -1.16. The standard InChI is InChI=1S/C14H23N3O/c1-11(2)14-15-9-13(12(10-18)16-14)17-7-5-3-4-6-8-17/h9,11,18H,3-8,10H2,1-2H3. The highest BCUT2D eigenvalue weighted by Gasteiger charge is 2.16. The molecule has 1 aromatic rings. The summed E-state index contributed by atoms with van der Waals surface area (Å²) in [5.74, 6) is 1.12. The predicted octanol–water partition coefficient (Wildman–Crippen LogP) is 2.47. The van der Waals surface area contributed by atoms with Crippen molar-refractivity contribution in [2.24, 2.45) is 0 Å². The van der Waals surface area contributed by atoms with Gasteiger partial charge in [0, 0.05) is 19.0 Å². The summed E-state index contributed by atoms with van der Waals surface area (Å²) in [6, 6.07) is 0. The lowest BCUT2D eigenvalue weighted by Crippen LogP contribution is -2.26. The number of nitrogens with zero attached hydrogens (tertiary/aromatic N) is 3. The molecule has 1 aromatic heterocycles. The van der Waals surface area contributed by atoms with Gasteiger partial charge in [-0.05, 0) is 12.8 Å². The average molecular weight is 249 g/mol. The minimum absolute atomic E-state index is 0.00588. The number of anilines is 1. The van der Waals surface area contributed by atoms with Gasteiger partial charge in [-0.2, -0.15) is 0 Å². The van der Waals surface area contributed by atoms with E-state index in [-0.39, 0.29) is 6.61 Å². The molecule has 0 atom stereocenters. The van der Waals surface area contributed by atoms with Crippen molar-refractivity contribution in [3.8, 4) is 0 Å². The molecule has 1 aliphatic heterocycles. The van der Waals surface area contributed by atoms with E-state index in [1.807, 2.05) is 6.20 Å². The molecule has 0 unspecified atom stereocenters. The Morgan fingerprint density at radius 2 is 1.89 bits per heavy atom. The maximum atomic E-state index is 9.51. The summed E-state index contributed by atoms with van der Waals surface area (Å²) in [6.07, 6.45) is 6.93. The molecule has 4 nitrogen and oxygen atoms in total. The van der Waals surface area contributed by atoms with Crippen LogP contribution in [0.25, 0.3) is 0 Å². The molecule has 0 aliphatic carbocycles. The van der Waals surface area contributed by atoms with Crippen molar-refractivity contribution >= 4 is 5.69 Å². The zero-order valence-electron chi connectivity index (χ0n) is 11.4. The minimum Gasteiger partial charge on any atom is -0.390 e. The maximum absolute atomic E-state index is 9.51. The molecule has 1 saturated heterocycles. The molecule has 0 bridgehead atoms. The number of aromatic nitrogens is 2. The van der Waals surface area contributed by atoms with Crippen molar-refractivity contribution in [2.45, 2.75) is 52.1 Å². The van der Waals surface area contributed by atoms with Gasteiger partial charge >= 0.3 is 0 Å². The van der Waals surface area contributed by atoms with Gasteiger partial charge in [0.05, 0.1) is 24.2 Å². The number of hydrogen-bond acceptors (Lipinski definition) is 4. The van der Waals surface area contributed by atoms with Gasteiger partial charge in [0.15, 0.2) is 0 Å². The molecular weight excluding hydrogens is 226 g/mol. The topological polar surface area (TPSA) is 49.2 Å². The van der Waals surface area contributed by atoms with Gasteiger partial charge in [-0.3, -0.25) is 0 Å². The van der Waals surface area contributed by atoms with E-state index in [1.54, 1.807) is 0 Å². The van der Waals surface area contributed by atoms with Gasteiger partial charge in [0.1, 0.15) is 5.82 Å². The van der Waals surface area contributed by atoms with Gasteiger partial charge in [0.2, 0.25) is 0 Å². The zero-order chi connectivity index (χ0) is 13.0. The molecule has 18 heavy (non-hydrogen) atoms. The van der Waals surface area contributed by atoms with Crippen LogP contribution >= 0.6 is 0 Å². The summed E-state index contributed by atoms with van der Waals surface area (Å²) in [5, 5.41) is 9.51. The summed E-state index contributed by atoms with van der Waals surface area (Å²) in [6.45, 7) is 6.24. The highest BCUT2D eigenvalue weighted by molar-refractivity contribution is 5.49. The van der Waals surface area contributed by atoms with E-state index in [0.29, 0.717) is 5.92 Å². The Morgan fingerprint density at radius 1 is 1.22 bits per heavy atom. The van der Waals surface area contributed by atoms with Crippen LogP contribution in [0.5, 0.6) is 0 Å². The van der Waals surface area contributed by atoms with Crippen molar-refractivity contribution in [3.63, 3.8) is 0 Å². The molecule has 4 heteroatoms. The van der Waals surface area contributed by atoms with Crippen LogP contribution in [0.1, 0.15) is 57.0 Å². The highest BCUT2D eigenvalue weighted by atomic mass is 16.3. The first kappa shape index (κ1) is 13.3. The summed E-state index contributed by atoms with van der Waals surface area (Å²) in [4.78, 5) is 11.2. The first-order valence-electron chi connectivity index (χ1n) is 6.94. The lowest BCUT2D eigenvalue weighted by atomic mass is 10.2. The lowest BCUT2D eigenvalue weighted by Gasteiger charge is -2.24. The quantitative estimate of drug-likeness (QED) is 0.894. The maximum Gasteiger partial charge on any atom is 0.131 e. The summed E-state index contributed by atoms with van der Waals surface area (Å²) >= 11 is 0. The monoisotopic (exact) mass is 249 g/mol. The molecule has 0 spiro atoms. The van der Waals surface area contributed by atoms with Gasteiger partial charge in [0.25, 0.3) is 0 Å². The smallest absolute Gasteiger partial charge is 0.131 e. The number of rotatable bonds is 3. The summed E-state index contributed by atoms with van der Waals surface area (Å²) in [7, 11) is 0. The second kappa shape index (κ2) is 6.14. The molecule has 1 fully saturated rings. The van der Waals surface area contributed by atoms with Gasteiger partial charge < -0.3 is 10.0 Å². The first-order valence-corrected chi connectivity index (χ1v) is 6.94. The Bertz CT molecular complexity index is 385. The average Bonchev–Trinajstić information content (AvgIpc) is 2.66. The van der Waals surface area contributed by atoms with Crippen LogP contribution in [-0.2, 0) is 6.61 Å². The molecule has 0 amide bonds. The fourth-order valence-corrected chi connectivity index (χ4v) is 2.40. The number of aliphatic hydroxyl groups is 1. The van der Waals surface area contributed by atoms with Crippen LogP contribution in [0.15, 0.2) is 6.20 Å². The summed E-state index contributed by atoms with van der Waals surface area (Å²) in [5.41, 5.74) is 1.79. The third kappa shape index (κ3) is 2.99. The van der Waals surface area contributed by atoms with Crippen molar-refractivity contribution in [1.82, 2.24) is 9.97 Å². The van der Waals surface area contributed by atoms with Crippen molar-refractivity contribution in [3.05, 3.63) is 17.7 Å². The van der Waals surface area contributed by atoms with Crippen molar-refractivity contribution < 1.29 is 5.11 Å². The second-order valence-corrected chi connectivity index (χ2v) is 5.27. The Kier molecular flexibility index (Phi) is 4.53. The van der Waals surface area contributed by atoms with Gasteiger partial charge in [-0.25, -0.2) is 9.97 Å². The van der Waals surface area contributed by atoms with E-state index in [9.17, 15) is 5.11 Å². The van der Waals surface area contributed by atoms with E-state index in [2.05, 4.69) is 28.7 Å². The third-order valence-electron chi connectivity index (χ3n) is 3.48. The molecular formula is C14H23N3O. The molecule has 0 saturated carbocycles. The molecule has 0 aromatic carbocycles. The number of aliphatic hydroxyl groups excluding tert-OH is 1. The third-order valence-corrected chi connectivity index (χ3v) is 3.48. The lowest BCUT2D eigenvalue weighted by molar-refractivity contribution is 0.276. The molecule has 2 rings (SSSR count). The Labute approximate surface area is 109 Å². The van der Waals surface area contributed by atoms with Crippen LogP contribution in [0.3, 0.4) is 0 Å². The number of hydrogen-bond donors (Lipinski definition) is 1. The van der Waals surface area contributed by atoms with Crippen molar-refractivity contribution in [2.75, 3.05) is 18.0 Å². The minimum atomic E-state index is -0.00588. The van der Waals surface area contributed by atoms with E-state index >= 15 is 0 Å². The molecule has 1 aliphatic rings. The molecule has 0 radical (unpaired) electrons. The van der Waals surface area contributed by atoms with E-state index in [4.69, 9.17) is 0 Å². The first-order chi connectivity index (χ1) is 8.72. The molecule has 1 N–H and O–H groups in total. The molecule has 100 valence electrons. The van der Waals surface area contributed by atoms with Crippen LogP contribution < -0.4 is 4.90 Å². The van der Waals surface area contributed by atoms with Crippen LogP contribution in [-0.4, -0.2) is 28.2 Å². The van der Waals surface area contributed by atoms with Crippen LogP contribution in [0, 0.1) is 0 Å². The van der Waals surface area contributed by atoms with Crippen LogP contribution in [0.2, 0.25) is 0 Å². The van der Waals surface area contributed by atoms with Crippen LogP contribution in [0.4, 0.5) is 5.69 Å². The fourth-order valence-electron chi connectivity index (χ4n) is 2.40. The normalized spacial score (nSPS) is 17.0. The van der Waals surface area contributed by atoms with E-state index < -0.39 is 0 Å². The summed E-state index contributed by atoms with van der Waals surface area (Å²) < 4.78 is 0. The largest absolute Gasteiger partial charge is 0.390 e. The van der Waals surface area contributed by atoms with E-state index in [0.717, 1.165) is 30.3 Å². The van der Waals surface area contributed by atoms with Crippen molar-refractivity contribution in [1.29, 1.82) is 0 Å². The Morgan fingerprint density at radius 3 is 2.44 bits per heavy atom. The highest BCUT2D eigenvalue weighted by Crippen LogP contribution is 2.23. The predicted molar refractivity (Wildman–Crippen MR) is 72.7 cm³/mol. The van der Waals surface area contributed by atoms with Gasteiger partial charge in [-0.15, -0.1) is 0 Å². The van der Waals surface area contributed by atoms with Gasteiger partial charge in [-0.1, -0.05) is 26.7 Å². The SMILES string of the molecule is CC(C)c1ncc(N2CCCCCC2)c(CO)n1. The van der Waals surface area contributed by atoms with E-state index in [1.165, 1.54) is 25.7 Å². The Balaban J connectivity index is 2.25. The second-order valence-electron chi connectivity index (χ2n) is 5.27. The fraction of sp³-hybridized carbons (Fsp3) is 0.714. The zero-order valence-corrected chi connectivity index (χ0v) is 11.4. The molecule has 2 heterocycles.